The summed E-state index contributed by atoms with van der Waals surface area (Å²) in [4.78, 5) is 13.0. The molecule has 0 radical (unpaired) electrons. The van der Waals surface area contributed by atoms with E-state index in [4.69, 9.17) is 0 Å². The molecule has 0 unspecified atom stereocenters. The third-order valence-electron chi connectivity index (χ3n) is 3.65. The zero-order valence-electron chi connectivity index (χ0n) is 12.2. The number of aryl methyl sites for hydroxylation is 1. The number of imidazole rings is 1. The van der Waals surface area contributed by atoms with Crippen molar-refractivity contribution in [3.8, 4) is 5.88 Å². The van der Waals surface area contributed by atoms with Crippen LogP contribution in [0.2, 0.25) is 0 Å². The summed E-state index contributed by atoms with van der Waals surface area (Å²) in [5, 5.41) is 10.2. The van der Waals surface area contributed by atoms with Crippen LogP contribution in [0.3, 0.4) is 0 Å². The minimum atomic E-state index is 0.194. The molecule has 0 aliphatic carbocycles. The summed E-state index contributed by atoms with van der Waals surface area (Å²) >= 11 is 0. The Morgan fingerprint density at radius 3 is 3.05 bits per heavy atom. The second-order valence-corrected chi connectivity index (χ2v) is 5.13. The average Bonchev–Trinajstić information content (AvgIpc) is 3.02. The summed E-state index contributed by atoms with van der Waals surface area (Å²) in [7, 11) is 1.84. The molecule has 108 valence electrons. The van der Waals surface area contributed by atoms with Crippen molar-refractivity contribution in [2.24, 2.45) is 12.0 Å². The molecule has 0 saturated heterocycles. The molecule has 0 atom stereocenters. The van der Waals surface area contributed by atoms with Gasteiger partial charge in [-0.1, -0.05) is 13.3 Å². The van der Waals surface area contributed by atoms with Gasteiger partial charge < -0.3 is 9.67 Å². The zero-order chi connectivity index (χ0) is 14.8. The lowest BCUT2D eigenvalue weighted by atomic mass is 10.1. The highest BCUT2D eigenvalue weighted by Crippen LogP contribution is 2.31. The van der Waals surface area contributed by atoms with E-state index in [9.17, 15) is 5.11 Å². The van der Waals surface area contributed by atoms with Gasteiger partial charge in [-0.2, -0.15) is 0 Å². The van der Waals surface area contributed by atoms with Crippen LogP contribution in [-0.4, -0.2) is 25.9 Å². The standard InChI is InChI=1S/C16H18N4O/c1-3-4-7-14-19-13(16(21)20(14)2)9-11-10-18-15-12(11)6-5-8-17-15/h5-6,8-10,21H,3-4,7H2,1-2H3. The molecule has 2 aromatic rings. The highest BCUT2D eigenvalue weighted by Gasteiger charge is 2.16. The molecular formula is C16H18N4O. The Morgan fingerprint density at radius 1 is 1.38 bits per heavy atom. The maximum Gasteiger partial charge on any atom is 0.218 e. The quantitative estimate of drug-likeness (QED) is 0.937. The summed E-state index contributed by atoms with van der Waals surface area (Å²) in [5.74, 6) is 1.81. The number of allylic oxidation sites excluding steroid dienone is 1. The minimum Gasteiger partial charge on any atom is -0.493 e. The Labute approximate surface area is 123 Å². The third kappa shape index (κ3) is 2.46. The Balaban J connectivity index is 1.96. The number of aromatic hydroxyl groups is 1. The van der Waals surface area contributed by atoms with Crippen LogP contribution in [0.1, 0.15) is 36.8 Å². The molecule has 0 aromatic carbocycles. The van der Waals surface area contributed by atoms with Gasteiger partial charge >= 0.3 is 0 Å². The van der Waals surface area contributed by atoms with Gasteiger partial charge in [0.1, 0.15) is 11.5 Å². The molecule has 2 aromatic heterocycles. The largest absolute Gasteiger partial charge is 0.493 e. The lowest BCUT2D eigenvalue weighted by Crippen LogP contribution is -1.97. The number of aliphatic imine (C=N–C) groups is 1. The van der Waals surface area contributed by atoms with Crippen molar-refractivity contribution in [3.63, 3.8) is 0 Å². The molecule has 0 amide bonds. The highest BCUT2D eigenvalue weighted by molar-refractivity contribution is 6.20. The number of unbranched alkanes of at least 4 members (excludes halogenated alkanes) is 1. The zero-order valence-corrected chi connectivity index (χ0v) is 12.2. The number of hydrogen-bond donors (Lipinski definition) is 1. The van der Waals surface area contributed by atoms with E-state index in [-0.39, 0.29) is 5.88 Å². The van der Waals surface area contributed by atoms with E-state index in [1.165, 1.54) is 0 Å². The number of pyridine rings is 1. The average molecular weight is 282 g/mol. The van der Waals surface area contributed by atoms with Gasteiger partial charge in [0.2, 0.25) is 5.88 Å². The van der Waals surface area contributed by atoms with Crippen molar-refractivity contribution < 1.29 is 5.11 Å². The normalized spacial score (nSPS) is 14.9. The van der Waals surface area contributed by atoms with Gasteiger partial charge in [0.05, 0.1) is 0 Å². The van der Waals surface area contributed by atoms with Gasteiger partial charge in [-0.3, -0.25) is 0 Å². The number of hydrogen-bond acceptors (Lipinski definition) is 4. The summed E-state index contributed by atoms with van der Waals surface area (Å²) in [6, 6.07) is 3.85. The number of nitrogens with zero attached hydrogens (tertiary/aromatic N) is 4. The number of rotatable bonds is 4. The smallest absolute Gasteiger partial charge is 0.218 e. The van der Waals surface area contributed by atoms with E-state index in [2.05, 4.69) is 21.9 Å². The van der Waals surface area contributed by atoms with Gasteiger partial charge in [-0.15, -0.1) is 0 Å². The molecule has 21 heavy (non-hydrogen) atoms. The van der Waals surface area contributed by atoms with E-state index in [0.29, 0.717) is 11.5 Å². The van der Waals surface area contributed by atoms with Crippen molar-refractivity contribution in [2.75, 3.05) is 0 Å². The summed E-state index contributed by atoms with van der Waals surface area (Å²) in [6.45, 7) is 2.14. The molecule has 0 spiro atoms. The molecular weight excluding hydrogens is 264 g/mol. The van der Waals surface area contributed by atoms with E-state index < -0.39 is 0 Å². The minimum absolute atomic E-state index is 0.194. The topological polar surface area (TPSA) is 63.3 Å². The highest BCUT2D eigenvalue weighted by atomic mass is 16.3. The molecule has 3 rings (SSSR count). The van der Waals surface area contributed by atoms with Crippen molar-refractivity contribution in [3.05, 3.63) is 35.4 Å². The second-order valence-electron chi connectivity index (χ2n) is 5.13. The van der Waals surface area contributed by atoms with Crippen LogP contribution < -0.4 is 0 Å². The van der Waals surface area contributed by atoms with E-state index in [1.54, 1.807) is 17.0 Å². The van der Waals surface area contributed by atoms with Gasteiger partial charge in [-0.25, -0.2) is 15.0 Å². The first kappa shape index (κ1) is 13.5. The summed E-state index contributed by atoms with van der Waals surface area (Å²) in [5.41, 5.74) is 2.48. The lowest BCUT2D eigenvalue weighted by molar-refractivity contribution is 0.427. The van der Waals surface area contributed by atoms with Crippen LogP contribution in [0.5, 0.6) is 5.88 Å². The Kier molecular flexibility index (Phi) is 3.56. The first-order chi connectivity index (χ1) is 10.2. The molecule has 0 fully saturated rings. The Morgan fingerprint density at radius 2 is 2.24 bits per heavy atom. The summed E-state index contributed by atoms with van der Waals surface area (Å²) in [6.07, 6.45) is 8.39. The van der Waals surface area contributed by atoms with Crippen LogP contribution in [0.15, 0.2) is 23.3 Å². The maximum absolute atomic E-state index is 10.2. The van der Waals surface area contributed by atoms with Crippen molar-refractivity contribution in [2.45, 2.75) is 26.2 Å². The summed E-state index contributed by atoms with van der Waals surface area (Å²) < 4.78 is 1.75. The fourth-order valence-electron chi connectivity index (χ4n) is 2.40. The Bertz CT molecular complexity index is 728. The van der Waals surface area contributed by atoms with E-state index in [1.807, 2.05) is 25.3 Å². The third-order valence-corrected chi connectivity index (χ3v) is 3.65. The number of aromatic nitrogens is 3. The molecule has 3 heterocycles. The second kappa shape index (κ2) is 5.52. The molecule has 1 N–H and O–H groups in total. The van der Waals surface area contributed by atoms with Gasteiger partial charge in [0, 0.05) is 37.0 Å². The molecule has 5 nitrogen and oxygen atoms in total. The van der Waals surface area contributed by atoms with Crippen LogP contribution >= 0.6 is 0 Å². The van der Waals surface area contributed by atoms with Crippen LogP contribution in [0, 0.1) is 0 Å². The van der Waals surface area contributed by atoms with E-state index in [0.717, 1.165) is 36.2 Å². The molecule has 1 aliphatic rings. The van der Waals surface area contributed by atoms with Gasteiger partial charge in [0.15, 0.2) is 5.82 Å². The van der Waals surface area contributed by atoms with Crippen LogP contribution in [-0.2, 0) is 13.5 Å². The maximum atomic E-state index is 10.2. The first-order valence-electron chi connectivity index (χ1n) is 7.16. The number of fused-ring (bicyclic) bond motifs is 1. The van der Waals surface area contributed by atoms with Crippen molar-refractivity contribution in [1.82, 2.24) is 14.5 Å². The van der Waals surface area contributed by atoms with Crippen LogP contribution in [0.25, 0.3) is 11.6 Å². The lowest BCUT2D eigenvalue weighted by Gasteiger charge is -2.00. The molecule has 5 heteroatoms. The fraction of sp³-hybridized carbons (Fsp3) is 0.312. The van der Waals surface area contributed by atoms with Gasteiger partial charge in [0.25, 0.3) is 0 Å². The predicted molar refractivity (Wildman–Crippen MR) is 83.7 cm³/mol. The molecule has 0 bridgehead atoms. The van der Waals surface area contributed by atoms with Gasteiger partial charge in [-0.05, 0) is 24.6 Å². The monoisotopic (exact) mass is 282 g/mol. The Hall–Kier alpha value is -2.43. The molecule has 1 aliphatic heterocycles. The SMILES string of the molecule is CCCCc1nc(C=C2C=Nc3ncccc32)c(O)n1C. The van der Waals surface area contributed by atoms with Crippen molar-refractivity contribution in [1.29, 1.82) is 0 Å². The van der Waals surface area contributed by atoms with Crippen LogP contribution in [0.4, 0.5) is 5.82 Å². The predicted octanol–water partition coefficient (Wildman–Crippen LogP) is 3.12. The molecule has 0 saturated carbocycles. The first-order valence-corrected chi connectivity index (χ1v) is 7.16. The van der Waals surface area contributed by atoms with Crippen molar-refractivity contribution >= 4 is 23.7 Å². The fourth-order valence-corrected chi connectivity index (χ4v) is 2.40. The van der Waals surface area contributed by atoms with E-state index >= 15 is 0 Å².